The molecule has 1 aliphatic rings. The SMILES string of the molecule is Nc1c(I)cc(I)c(C(=O)OCC(=O)N2CCC(Cc3ccccc3)CC2)c1I. The number of esters is 1. The van der Waals surface area contributed by atoms with Crippen LogP contribution in [0, 0.1) is 16.6 Å². The van der Waals surface area contributed by atoms with Crippen molar-refractivity contribution in [3.63, 3.8) is 0 Å². The van der Waals surface area contributed by atoms with Crippen LogP contribution < -0.4 is 5.73 Å². The second-order valence-corrected chi connectivity index (χ2v) is 10.4. The molecule has 154 valence electrons. The van der Waals surface area contributed by atoms with Crippen LogP contribution in [0.4, 0.5) is 5.69 Å². The Morgan fingerprint density at radius 2 is 1.72 bits per heavy atom. The number of likely N-dealkylation sites (tertiary alicyclic amines) is 1. The number of benzene rings is 2. The molecule has 1 heterocycles. The van der Waals surface area contributed by atoms with Gasteiger partial charge in [-0.15, -0.1) is 0 Å². The summed E-state index contributed by atoms with van der Waals surface area (Å²) in [5.41, 5.74) is 8.36. The molecule has 2 aromatic carbocycles. The third-order valence-corrected chi connectivity index (χ3v) is 7.93. The lowest BCUT2D eigenvalue weighted by Gasteiger charge is -2.32. The summed E-state index contributed by atoms with van der Waals surface area (Å²) < 4.78 is 7.65. The van der Waals surface area contributed by atoms with Crippen molar-refractivity contribution < 1.29 is 14.3 Å². The van der Waals surface area contributed by atoms with Gasteiger partial charge in [-0.25, -0.2) is 4.79 Å². The van der Waals surface area contributed by atoms with Gasteiger partial charge in [0.25, 0.3) is 5.91 Å². The van der Waals surface area contributed by atoms with Gasteiger partial charge in [0.15, 0.2) is 6.61 Å². The molecule has 3 rings (SSSR count). The van der Waals surface area contributed by atoms with Crippen LogP contribution in [0.5, 0.6) is 0 Å². The minimum Gasteiger partial charge on any atom is -0.452 e. The third kappa shape index (κ3) is 5.96. The van der Waals surface area contributed by atoms with Gasteiger partial charge in [0.05, 0.1) is 14.8 Å². The molecule has 1 saturated heterocycles. The molecule has 0 unspecified atom stereocenters. The first-order valence-electron chi connectivity index (χ1n) is 9.28. The standard InChI is InChI=1S/C21H21I3N2O3/c22-15-11-16(23)20(25)19(24)18(15)21(28)29-12-17(27)26-8-6-14(7-9-26)10-13-4-2-1-3-5-13/h1-5,11,14H,6-10,12,25H2. The Morgan fingerprint density at radius 1 is 1.07 bits per heavy atom. The predicted octanol–water partition coefficient (Wildman–Crippen LogP) is 4.72. The van der Waals surface area contributed by atoms with Gasteiger partial charge >= 0.3 is 5.97 Å². The van der Waals surface area contributed by atoms with Crippen LogP contribution in [0.1, 0.15) is 28.8 Å². The number of hydrogen-bond donors (Lipinski definition) is 1. The number of anilines is 1. The second kappa shape index (κ2) is 10.6. The summed E-state index contributed by atoms with van der Waals surface area (Å²) in [5, 5.41) is 0. The summed E-state index contributed by atoms with van der Waals surface area (Å²) in [6.07, 6.45) is 2.99. The lowest BCUT2D eigenvalue weighted by molar-refractivity contribution is -0.135. The molecule has 1 fully saturated rings. The number of hydrogen-bond acceptors (Lipinski definition) is 4. The van der Waals surface area contributed by atoms with Gasteiger partial charge in [-0.1, -0.05) is 30.3 Å². The zero-order valence-electron chi connectivity index (χ0n) is 15.7. The molecule has 0 aliphatic carbocycles. The summed E-state index contributed by atoms with van der Waals surface area (Å²) in [6, 6.07) is 12.3. The smallest absolute Gasteiger partial charge is 0.340 e. The maximum absolute atomic E-state index is 12.5. The van der Waals surface area contributed by atoms with E-state index in [1.165, 1.54) is 5.56 Å². The molecule has 5 nitrogen and oxygen atoms in total. The first-order chi connectivity index (χ1) is 13.9. The Kier molecular flexibility index (Phi) is 8.42. The average molecular weight is 730 g/mol. The zero-order chi connectivity index (χ0) is 21.0. The summed E-state index contributed by atoms with van der Waals surface area (Å²) >= 11 is 6.28. The average Bonchev–Trinajstić information content (AvgIpc) is 2.71. The monoisotopic (exact) mass is 730 g/mol. The summed E-state index contributed by atoms with van der Waals surface area (Å²) in [4.78, 5) is 26.8. The molecular formula is C21H21I3N2O3. The highest BCUT2D eigenvalue weighted by Crippen LogP contribution is 2.30. The first kappa shape index (κ1) is 23.0. The van der Waals surface area contributed by atoms with Gasteiger partial charge in [-0.05, 0) is 105 Å². The van der Waals surface area contributed by atoms with Crippen LogP contribution in [-0.2, 0) is 16.0 Å². The quantitative estimate of drug-likeness (QED) is 0.275. The third-order valence-electron chi connectivity index (χ3n) is 5.07. The number of carbonyl (C=O) groups excluding carboxylic acids is 2. The molecule has 0 bridgehead atoms. The van der Waals surface area contributed by atoms with Crippen molar-refractivity contribution in [2.24, 2.45) is 5.92 Å². The molecule has 1 amide bonds. The molecule has 0 radical (unpaired) electrons. The van der Waals surface area contributed by atoms with Gasteiger partial charge in [0.2, 0.25) is 0 Å². The number of amides is 1. The fraction of sp³-hybridized carbons (Fsp3) is 0.333. The van der Waals surface area contributed by atoms with E-state index in [2.05, 4.69) is 92.0 Å². The Labute approximate surface area is 211 Å². The fourth-order valence-corrected chi connectivity index (χ4v) is 7.23. The van der Waals surface area contributed by atoms with Gasteiger partial charge in [0.1, 0.15) is 0 Å². The van der Waals surface area contributed by atoms with Crippen molar-refractivity contribution in [1.82, 2.24) is 4.90 Å². The van der Waals surface area contributed by atoms with E-state index >= 15 is 0 Å². The van der Waals surface area contributed by atoms with Crippen molar-refractivity contribution >= 4 is 85.3 Å². The van der Waals surface area contributed by atoms with E-state index in [9.17, 15) is 9.59 Å². The lowest BCUT2D eigenvalue weighted by Crippen LogP contribution is -2.41. The maximum Gasteiger partial charge on any atom is 0.340 e. The molecule has 0 atom stereocenters. The van der Waals surface area contributed by atoms with Gasteiger partial charge in [-0.2, -0.15) is 0 Å². The minimum atomic E-state index is -0.505. The minimum absolute atomic E-state index is 0.139. The van der Waals surface area contributed by atoms with Crippen molar-refractivity contribution in [2.45, 2.75) is 19.3 Å². The van der Waals surface area contributed by atoms with E-state index in [1.807, 2.05) is 12.1 Å². The number of rotatable bonds is 5. The zero-order valence-corrected chi connectivity index (χ0v) is 22.1. The molecule has 0 saturated carbocycles. The topological polar surface area (TPSA) is 72.6 Å². The van der Waals surface area contributed by atoms with E-state index in [1.54, 1.807) is 4.90 Å². The Bertz CT molecular complexity index is 898. The van der Waals surface area contributed by atoms with Crippen molar-refractivity contribution in [2.75, 3.05) is 25.4 Å². The molecule has 8 heteroatoms. The normalized spacial score (nSPS) is 14.7. The Hall–Kier alpha value is -0.630. The molecular weight excluding hydrogens is 709 g/mol. The number of piperidine rings is 1. The van der Waals surface area contributed by atoms with Gasteiger partial charge in [-0.3, -0.25) is 4.79 Å². The van der Waals surface area contributed by atoms with Crippen LogP contribution >= 0.6 is 67.8 Å². The van der Waals surface area contributed by atoms with E-state index in [0.717, 1.165) is 26.4 Å². The van der Waals surface area contributed by atoms with Crippen LogP contribution in [0.2, 0.25) is 0 Å². The van der Waals surface area contributed by atoms with Crippen molar-refractivity contribution in [3.05, 3.63) is 58.2 Å². The number of nitrogens with two attached hydrogens (primary N) is 1. The summed E-state index contributed by atoms with van der Waals surface area (Å²) in [7, 11) is 0. The predicted molar refractivity (Wildman–Crippen MR) is 139 cm³/mol. The van der Waals surface area contributed by atoms with E-state index in [0.29, 0.717) is 33.8 Å². The van der Waals surface area contributed by atoms with Gasteiger partial charge < -0.3 is 15.4 Å². The van der Waals surface area contributed by atoms with E-state index in [4.69, 9.17) is 10.5 Å². The second-order valence-electron chi connectivity index (χ2n) is 7.03. The lowest BCUT2D eigenvalue weighted by atomic mass is 9.90. The highest BCUT2D eigenvalue weighted by molar-refractivity contribution is 14.1. The largest absolute Gasteiger partial charge is 0.452 e. The van der Waals surface area contributed by atoms with Crippen LogP contribution in [0.3, 0.4) is 0 Å². The van der Waals surface area contributed by atoms with Crippen LogP contribution in [0.25, 0.3) is 0 Å². The molecule has 2 aromatic rings. The molecule has 0 aromatic heterocycles. The Balaban J connectivity index is 1.50. The molecule has 29 heavy (non-hydrogen) atoms. The number of ether oxygens (including phenoxy) is 1. The first-order valence-corrected chi connectivity index (χ1v) is 12.5. The fourth-order valence-electron chi connectivity index (χ4n) is 3.42. The highest BCUT2D eigenvalue weighted by Gasteiger charge is 2.25. The van der Waals surface area contributed by atoms with Crippen LogP contribution in [0.15, 0.2) is 36.4 Å². The number of nitrogen functional groups attached to an aromatic ring is 1. The van der Waals surface area contributed by atoms with Crippen LogP contribution in [-0.4, -0.2) is 36.5 Å². The molecule has 2 N–H and O–H groups in total. The number of carbonyl (C=O) groups is 2. The number of halogens is 3. The number of nitrogens with zero attached hydrogens (tertiary/aromatic N) is 1. The van der Waals surface area contributed by atoms with E-state index < -0.39 is 5.97 Å². The molecule has 1 aliphatic heterocycles. The van der Waals surface area contributed by atoms with Gasteiger partial charge in [0, 0.05) is 20.2 Å². The van der Waals surface area contributed by atoms with Crippen molar-refractivity contribution in [1.29, 1.82) is 0 Å². The van der Waals surface area contributed by atoms with Crippen molar-refractivity contribution in [3.8, 4) is 0 Å². The summed E-state index contributed by atoms with van der Waals surface area (Å²) in [6.45, 7) is 1.18. The summed E-state index contributed by atoms with van der Waals surface area (Å²) in [5.74, 6) is -0.0591. The maximum atomic E-state index is 12.5. The van der Waals surface area contributed by atoms with E-state index in [-0.39, 0.29) is 12.5 Å². The Morgan fingerprint density at radius 3 is 2.38 bits per heavy atom. The highest BCUT2D eigenvalue weighted by atomic mass is 127. The molecule has 0 spiro atoms.